The topological polar surface area (TPSA) is 124 Å². The molecule has 41 heavy (non-hydrogen) atoms. The van der Waals surface area contributed by atoms with Crippen molar-refractivity contribution >= 4 is 40.0 Å². The number of amides is 2. The van der Waals surface area contributed by atoms with Crippen LogP contribution in [0.2, 0.25) is 0 Å². The van der Waals surface area contributed by atoms with Crippen molar-refractivity contribution in [2.45, 2.75) is 19.9 Å². The predicted molar refractivity (Wildman–Crippen MR) is 147 cm³/mol. The number of urea groups is 1. The molecule has 4 aromatic rings. The number of carbonyl (C=O) groups is 2. The number of aromatic nitrogens is 1. The molecule has 0 aliphatic rings. The number of halogens is 4. The molecule has 0 bridgehead atoms. The van der Waals surface area contributed by atoms with Crippen LogP contribution in [0.25, 0.3) is 22.0 Å². The van der Waals surface area contributed by atoms with Crippen molar-refractivity contribution in [3.05, 3.63) is 83.9 Å². The van der Waals surface area contributed by atoms with E-state index in [9.17, 15) is 27.2 Å². The normalized spacial score (nSPS) is 11.9. The second-order valence-corrected chi connectivity index (χ2v) is 9.50. The number of benzene rings is 3. The molecule has 1 aromatic heterocycles. The molecule has 0 unspecified atom stereocenters. The molecule has 0 spiro atoms. The van der Waals surface area contributed by atoms with E-state index in [4.69, 9.17) is 16.2 Å². The first-order chi connectivity index (χ1) is 19.5. The molecule has 214 valence electrons. The van der Waals surface area contributed by atoms with Crippen LogP contribution in [0.15, 0.2) is 60.7 Å². The molecule has 12 heteroatoms. The van der Waals surface area contributed by atoms with E-state index in [0.29, 0.717) is 27.4 Å². The van der Waals surface area contributed by atoms with Crippen LogP contribution in [-0.4, -0.2) is 36.2 Å². The molecule has 0 saturated carbocycles. The molecule has 0 aliphatic heterocycles. The first-order valence-corrected chi connectivity index (χ1v) is 12.6. The molecular formula is C29H27F4N5O3. The summed E-state index contributed by atoms with van der Waals surface area (Å²) in [5, 5.41) is 3.83. The van der Waals surface area contributed by atoms with Crippen molar-refractivity contribution in [3.63, 3.8) is 0 Å². The van der Waals surface area contributed by atoms with Gasteiger partial charge in [-0.25, -0.2) is 32.2 Å². The minimum Gasteiger partial charge on any atom is -0.463 e. The summed E-state index contributed by atoms with van der Waals surface area (Å²) in [7, 11) is 0. The number of anilines is 3. The first kappa shape index (κ1) is 29.3. The lowest BCUT2D eigenvalue weighted by Crippen LogP contribution is -2.37. The average molecular weight is 570 g/mol. The smallest absolute Gasteiger partial charge is 0.325 e. The van der Waals surface area contributed by atoms with Gasteiger partial charge in [0.1, 0.15) is 47.4 Å². The number of carbonyl (C=O) groups excluding carboxylic acids is 2. The van der Waals surface area contributed by atoms with Crippen LogP contribution in [-0.2, 0) is 9.53 Å². The fraction of sp³-hybridized carbons (Fsp3) is 0.207. The zero-order valence-electron chi connectivity index (χ0n) is 22.1. The Bertz CT molecular complexity index is 1600. The van der Waals surface area contributed by atoms with Crippen molar-refractivity contribution in [3.8, 4) is 11.3 Å². The molecule has 0 radical (unpaired) electrons. The summed E-state index contributed by atoms with van der Waals surface area (Å²) in [5.41, 5.74) is 10.9. The third kappa shape index (κ3) is 6.38. The van der Waals surface area contributed by atoms with Crippen LogP contribution >= 0.6 is 0 Å². The zero-order chi connectivity index (χ0) is 29.8. The van der Waals surface area contributed by atoms with Crippen LogP contribution in [0.4, 0.5) is 39.5 Å². The highest BCUT2D eigenvalue weighted by Crippen LogP contribution is 2.37. The highest BCUT2D eigenvalue weighted by molar-refractivity contribution is 6.03. The van der Waals surface area contributed by atoms with E-state index in [-0.39, 0.29) is 36.1 Å². The van der Waals surface area contributed by atoms with Gasteiger partial charge in [0, 0.05) is 29.2 Å². The summed E-state index contributed by atoms with van der Waals surface area (Å²) in [6.45, 7) is 3.84. The van der Waals surface area contributed by atoms with Gasteiger partial charge in [-0.3, -0.25) is 4.79 Å². The third-order valence-corrected chi connectivity index (χ3v) is 6.28. The Balaban J connectivity index is 1.77. The maximum Gasteiger partial charge on any atom is 0.325 e. The number of ether oxygens (including phenoxy) is 1. The van der Waals surface area contributed by atoms with Gasteiger partial charge >= 0.3 is 12.0 Å². The fourth-order valence-corrected chi connectivity index (χ4v) is 4.11. The Labute approximate surface area is 232 Å². The maximum atomic E-state index is 14.9. The summed E-state index contributed by atoms with van der Waals surface area (Å²) in [6, 6.07) is 10.1. The Hall–Kier alpha value is -4.71. The van der Waals surface area contributed by atoms with Crippen molar-refractivity contribution in [2.24, 2.45) is 17.4 Å². The van der Waals surface area contributed by atoms with E-state index < -0.39 is 47.0 Å². The number of hydrogen-bond acceptors (Lipinski definition) is 6. The number of nitrogens with zero attached hydrogens (tertiary/aromatic N) is 2. The van der Waals surface area contributed by atoms with Gasteiger partial charge in [-0.1, -0.05) is 26.0 Å². The van der Waals surface area contributed by atoms with Gasteiger partial charge in [0.05, 0.1) is 5.69 Å². The molecule has 1 atom stereocenters. The second-order valence-electron chi connectivity index (χ2n) is 9.50. The summed E-state index contributed by atoms with van der Waals surface area (Å²) >= 11 is 0. The quantitative estimate of drug-likeness (QED) is 0.137. The van der Waals surface area contributed by atoms with Gasteiger partial charge in [-0.2, -0.15) is 0 Å². The molecule has 2 amide bonds. The highest BCUT2D eigenvalue weighted by atomic mass is 19.1. The Morgan fingerprint density at radius 3 is 2.32 bits per heavy atom. The monoisotopic (exact) mass is 569 g/mol. The number of esters is 1. The maximum absolute atomic E-state index is 14.9. The van der Waals surface area contributed by atoms with Gasteiger partial charge in [-0.15, -0.1) is 0 Å². The van der Waals surface area contributed by atoms with Crippen molar-refractivity contribution in [1.82, 2.24) is 4.98 Å². The standard InChI is InChI=1S/C29H27F4N5O3/c1-15(2)25(34)28(39)41-11-10-36-18-7-9-19-16(12-18)13-24(37-26(19)20-8-6-17(30)14-23(20)33)38(29(35)40)27-21(31)4-3-5-22(27)32/h3-9,12-15,25,36H,10-11,34H2,1-2H3,(H2,35,40)/t25-/m0/s1. The summed E-state index contributed by atoms with van der Waals surface area (Å²) in [4.78, 5) is 29.3. The minimum atomic E-state index is -1.25. The molecule has 4 rings (SSSR count). The number of fused-ring (bicyclic) bond motifs is 1. The minimum absolute atomic E-state index is 0.0208. The second kappa shape index (κ2) is 12.2. The number of pyridine rings is 1. The SMILES string of the molecule is CC(C)[C@H](N)C(=O)OCCNc1ccc2c(-c3ccc(F)cc3F)nc(N(C(N)=O)c3c(F)cccc3F)cc2c1. The van der Waals surface area contributed by atoms with E-state index in [1.165, 1.54) is 6.07 Å². The highest BCUT2D eigenvalue weighted by Gasteiger charge is 2.26. The Morgan fingerprint density at radius 2 is 1.68 bits per heavy atom. The zero-order valence-corrected chi connectivity index (χ0v) is 22.1. The largest absolute Gasteiger partial charge is 0.463 e. The van der Waals surface area contributed by atoms with E-state index in [0.717, 1.165) is 30.3 Å². The molecule has 5 N–H and O–H groups in total. The van der Waals surface area contributed by atoms with Gasteiger partial charge < -0.3 is 21.5 Å². The first-order valence-electron chi connectivity index (χ1n) is 12.6. The number of para-hydroxylation sites is 1. The van der Waals surface area contributed by atoms with E-state index >= 15 is 0 Å². The van der Waals surface area contributed by atoms with Crippen molar-refractivity contribution < 1.29 is 31.9 Å². The van der Waals surface area contributed by atoms with Crippen LogP contribution in [0.3, 0.4) is 0 Å². The third-order valence-electron chi connectivity index (χ3n) is 6.28. The number of hydrogen-bond donors (Lipinski definition) is 3. The van der Waals surface area contributed by atoms with Gasteiger partial charge in [0.15, 0.2) is 0 Å². The van der Waals surface area contributed by atoms with Crippen LogP contribution in [0.1, 0.15) is 13.8 Å². The van der Waals surface area contributed by atoms with Crippen molar-refractivity contribution in [1.29, 1.82) is 0 Å². The molecule has 3 aromatic carbocycles. The number of nitrogens with two attached hydrogens (primary N) is 2. The number of rotatable bonds is 9. The van der Waals surface area contributed by atoms with Crippen molar-refractivity contribution in [2.75, 3.05) is 23.4 Å². The number of nitrogens with one attached hydrogen (secondary N) is 1. The summed E-state index contributed by atoms with van der Waals surface area (Å²) in [6.07, 6.45) is 0. The van der Waals surface area contributed by atoms with Crippen LogP contribution < -0.4 is 21.7 Å². The Kier molecular flexibility index (Phi) is 8.72. The molecule has 8 nitrogen and oxygen atoms in total. The molecule has 0 aliphatic carbocycles. The molecule has 0 fully saturated rings. The summed E-state index contributed by atoms with van der Waals surface area (Å²) in [5.74, 6) is -4.85. The lowest BCUT2D eigenvalue weighted by molar-refractivity contribution is -0.145. The molecular weight excluding hydrogens is 542 g/mol. The van der Waals surface area contributed by atoms with Crippen LogP contribution in [0.5, 0.6) is 0 Å². The lowest BCUT2D eigenvalue weighted by Gasteiger charge is -2.22. The Morgan fingerprint density at radius 1 is 0.976 bits per heavy atom. The predicted octanol–water partition coefficient (Wildman–Crippen LogP) is 5.61. The summed E-state index contributed by atoms with van der Waals surface area (Å²) < 4.78 is 63.2. The number of primary amides is 1. The average Bonchev–Trinajstić information content (AvgIpc) is 2.91. The lowest BCUT2D eigenvalue weighted by atomic mass is 10.0. The van der Waals surface area contributed by atoms with E-state index in [1.807, 2.05) is 0 Å². The van der Waals surface area contributed by atoms with Gasteiger partial charge in [0.2, 0.25) is 0 Å². The van der Waals surface area contributed by atoms with Gasteiger partial charge in [0.25, 0.3) is 0 Å². The van der Waals surface area contributed by atoms with E-state index in [2.05, 4.69) is 10.3 Å². The molecule has 1 heterocycles. The van der Waals surface area contributed by atoms with Crippen LogP contribution in [0, 0.1) is 29.2 Å². The fourth-order valence-electron chi connectivity index (χ4n) is 4.11. The van der Waals surface area contributed by atoms with Gasteiger partial charge in [-0.05, 0) is 53.8 Å². The molecule has 0 saturated heterocycles. The van der Waals surface area contributed by atoms with E-state index in [1.54, 1.807) is 32.0 Å².